The largest absolute Gasteiger partial charge is 0.378 e. The topological polar surface area (TPSA) is 97.8 Å². The molecule has 12 heteroatoms. The van der Waals surface area contributed by atoms with Crippen molar-refractivity contribution in [1.29, 1.82) is 0 Å². The lowest BCUT2D eigenvalue weighted by Crippen LogP contribution is -2.54. The zero-order chi connectivity index (χ0) is 48.2. The molecular weight excluding hydrogens is 809 g/mol. The molecule has 0 aromatic heterocycles. The van der Waals surface area contributed by atoms with Crippen LogP contribution in [0.5, 0.6) is 0 Å². The van der Waals surface area contributed by atoms with Crippen molar-refractivity contribution >= 4 is 0 Å². The molecule has 0 bridgehead atoms. The van der Waals surface area contributed by atoms with Gasteiger partial charge >= 0.3 is 0 Å². The Morgan fingerprint density at radius 1 is 0.422 bits per heavy atom. The average Bonchev–Trinajstić information content (AvgIpc) is 3.40. The summed E-state index contributed by atoms with van der Waals surface area (Å²) in [6.45, 7) is 36.6. The van der Waals surface area contributed by atoms with Gasteiger partial charge in [-0.3, -0.25) is 0 Å². The Labute approximate surface area is 393 Å². The first-order valence-electron chi connectivity index (χ1n) is 25.5. The fourth-order valence-electron chi connectivity index (χ4n) is 13.0. The lowest BCUT2D eigenvalue weighted by atomic mass is 9.94. The monoisotopic (exact) mass is 911 g/mol. The maximum absolute atomic E-state index is 11.5. The van der Waals surface area contributed by atoms with E-state index in [0.717, 1.165) is 116 Å². The number of hydrogen-bond donors (Lipinski definition) is 1. The quantitative estimate of drug-likeness (QED) is 0.0987. The summed E-state index contributed by atoms with van der Waals surface area (Å²) >= 11 is 0. The molecule has 1 N–H and O–H groups in total. The maximum Gasteiger partial charge on any atom is 0.184 e. The first-order valence-corrected chi connectivity index (χ1v) is 25.5. The van der Waals surface area contributed by atoms with Gasteiger partial charge in [-0.25, -0.2) is 0 Å². The van der Waals surface area contributed by atoms with Crippen molar-refractivity contribution in [2.45, 2.75) is 307 Å². The predicted molar refractivity (Wildman–Crippen MR) is 258 cm³/mol. The fraction of sp³-hybridized carbons (Fsp3) is 1.00. The first-order chi connectivity index (χ1) is 29.4. The number of ether oxygens (including phenoxy) is 4. The first kappa shape index (κ1) is 56.1. The third-order valence-electron chi connectivity index (χ3n) is 15.5. The van der Waals surface area contributed by atoms with Crippen LogP contribution in [0.2, 0.25) is 0 Å². The second-order valence-corrected chi connectivity index (χ2v) is 25.4. The highest BCUT2D eigenvalue weighted by molar-refractivity contribution is 4.98. The summed E-state index contributed by atoms with van der Waals surface area (Å²) in [5, 5.41) is 19.6. The molecule has 4 heterocycles. The number of unbranched alkanes of at least 4 members (excludes halogenated alkanes) is 4. The van der Waals surface area contributed by atoms with Crippen LogP contribution in [0.4, 0.5) is 0 Å². The van der Waals surface area contributed by atoms with E-state index < -0.39 is 11.8 Å². The summed E-state index contributed by atoms with van der Waals surface area (Å²) in [5.41, 5.74) is -1.77. The number of hydrogen-bond acceptors (Lipinski definition) is 12. The summed E-state index contributed by atoms with van der Waals surface area (Å²) < 4.78 is 28.8. The van der Waals surface area contributed by atoms with Crippen LogP contribution in [-0.2, 0) is 33.5 Å². The van der Waals surface area contributed by atoms with Gasteiger partial charge in [-0.15, -0.1) is 0 Å². The molecule has 6 atom stereocenters. The normalized spacial score (nSPS) is 31.9. The molecule has 0 aromatic carbocycles. The fourth-order valence-corrected chi connectivity index (χ4v) is 13.0. The Morgan fingerprint density at radius 3 is 1.20 bits per heavy atom. The van der Waals surface area contributed by atoms with Crippen LogP contribution in [0.1, 0.15) is 226 Å². The molecule has 6 unspecified atom stereocenters. The zero-order valence-electron chi connectivity index (χ0n) is 45.0. The molecule has 0 aliphatic carbocycles. The maximum atomic E-state index is 11.5. The highest BCUT2D eigenvalue weighted by Gasteiger charge is 2.49. The van der Waals surface area contributed by atoms with Crippen LogP contribution < -0.4 is 0 Å². The lowest BCUT2D eigenvalue weighted by molar-refractivity contribution is -0.272. The van der Waals surface area contributed by atoms with Gasteiger partial charge < -0.3 is 38.7 Å². The molecule has 4 aliphatic rings. The van der Waals surface area contributed by atoms with Gasteiger partial charge in [0, 0.05) is 50.9 Å². The van der Waals surface area contributed by atoms with E-state index in [4.69, 9.17) is 33.5 Å². The van der Waals surface area contributed by atoms with Crippen LogP contribution in [0.3, 0.4) is 0 Å². The van der Waals surface area contributed by atoms with Crippen LogP contribution in [0.25, 0.3) is 0 Å². The third-order valence-corrected chi connectivity index (χ3v) is 15.5. The van der Waals surface area contributed by atoms with E-state index in [2.05, 4.69) is 126 Å². The summed E-state index contributed by atoms with van der Waals surface area (Å²) in [7, 11) is 5.39. The lowest BCUT2D eigenvalue weighted by Gasteiger charge is -2.45. The number of hydroxylamine groups is 8. The second kappa shape index (κ2) is 22.1. The molecule has 4 fully saturated rings. The van der Waals surface area contributed by atoms with Gasteiger partial charge in [-0.2, -0.15) is 20.3 Å². The summed E-state index contributed by atoms with van der Waals surface area (Å²) in [6.07, 6.45) is 16.3. The van der Waals surface area contributed by atoms with Gasteiger partial charge in [-0.1, -0.05) is 25.7 Å². The van der Waals surface area contributed by atoms with E-state index >= 15 is 0 Å². The van der Waals surface area contributed by atoms with Crippen molar-refractivity contribution in [3.8, 4) is 0 Å². The Balaban J connectivity index is 1.55. The third kappa shape index (κ3) is 14.5. The number of nitrogens with zero attached hydrogens (tertiary/aromatic N) is 4. The SMILES string of the molecule is CON1C(C)(C)CCC(OCCCCCCCC(OC2CCC(C)(C)N(OC)C(C)(C)C2)C(OC2CCC(C)(C)N(O)C(C)(C)C2)OC2CCC(C)(C)N(OC)C(C)(C)C2)CC1(C)C. The molecular formula is C52H102N4O8. The molecule has 0 saturated carbocycles. The predicted octanol–water partition coefficient (Wildman–Crippen LogP) is 11.8. The van der Waals surface area contributed by atoms with Gasteiger partial charge in [0.2, 0.25) is 0 Å². The molecule has 0 aromatic rings. The van der Waals surface area contributed by atoms with Gasteiger partial charge in [-0.05, 0) is 201 Å². The molecule has 0 radical (unpaired) electrons. The highest BCUT2D eigenvalue weighted by Crippen LogP contribution is 2.43. The van der Waals surface area contributed by atoms with E-state index in [1.54, 1.807) is 26.4 Å². The van der Waals surface area contributed by atoms with Crippen molar-refractivity contribution in [1.82, 2.24) is 20.3 Å². The second-order valence-electron chi connectivity index (χ2n) is 25.4. The van der Waals surface area contributed by atoms with Crippen molar-refractivity contribution in [2.75, 3.05) is 27.9 Å². The molecule has 378 valence electrons. The summed E-state index contributed by atoms with van der Waals surface area (Å²) in [4.78, 5) is 18.1. The van der Waals surface area contributed by atoms with Crippen LogP contribution in [-0.4, -0.2) is 135 Å². The van der Waals surface area contributed by atoms with Crippen molar-refractivity contribution in [3.05, 3.63) is 0 Å². The Hall–Kier alpha value is -0.480. The van der Waals surface area contributed by atoms with Gasteiger partial charge in [0.05, 0.1) is 45.7 Å². The van der Waals surface area contributed by atoms with Crippen molar-refractivity contribution in [2.24, 2.45) is 0 Å². The molecule has 12 nitrogen and oxygen atoms in total. The van der Waals surface area contributed by atoms with Gasteiger partial charge in [0.25, 0.3) is 0 Å². The number of rotatable bonds is 19. The minimum absolute atomic E-state index is 0.00714. The van der Waals surface area contributed by atoms with Crippen LogP contribution >= 0.6 is 0 Å². The van der Waals surface area contributed by atoms with E-state index in [-0.39, 0.29) is 69.3 Å². The smallest absolute Gasteiger partial charge is 0.184 e. The van der Waals surface area contributed by atoms with Crippen LogP contribution in [0.15, 0.2) is 0 Å². The zero-order valence-corrected chi connectivity index (χ0v) is 45.0. The molecule has 0 spiro atoms. The Kier molecular flexibility index (Phi) is 19.4. The van der Waals surface area contributed by atoms with E-state index in [0.29, 0.717) is 6.42 Å². The van der Waals surface area contributed by atoms with Crippen LogP contribution in [0, 0.1) is 0 Å². The van der Waals surface area contributed by atoms with Crippen molar-refractivity contribution < 1.29 is 38.7 Å². The molecule has 64 heavy (non-hydrogen) atoms. The molecule has 0 amide bonds. The average molecular weight is 911 g/mol. The minimum atomic E-state index is -0.568. The standard InChI is InChI=1S/C52H102N4O8/c1-45(2)30-27-41(36-49(9,10)53(45)57)63-44(64-42-29-33-48(7,8)56(60-19)52(15,16)38-42)43(62-40-28-32-47(5,6)55(59-18)51(13,14)37-40)25-23-21-20-22-24-34-61-39-26-31-46(3,4)54(58-17)50(11,12)35-39/h39-44,57H,20-38H2,1-19H3. The minimum Gasteiger partial charge on any atom is -0.378 e. The van der Waals surface area contributed by atoms with Gasteiger partial charge in [0.15, 0.2) is 6.29 Å². The van der Waals surface area contributed by atoms with Gasteiger partial charge in [0.1, 0.15) is 6.10 Å². The van der Waals surface area contributed by atoms with Crippen molar-refractivity contribution in [3.63, 3.8) is 0 Å². The molecule has 4 aliphatic heterocycles. The highest BCUT2D eigenvalue weighted by atomic mass is 16.7. The molecule has 4 rings (SSSR count). The Morgan fingerprint density at radius 2 is 0.766 bits per heavy atom. The van der Waals surface area contributed by atoms with E-state index in [9.17, 15) is 5.21 Å². The van der Waals surface area contributed by atoms with E-state index in [1.807, 2.05) is 0 Å². The van der Waals surface area contributed by atoms with E-state index in [1.165, 1.54) is 0 Å². The summed E-state index contributed by atoms with van der Waals surface area (Å²) in [5.74, 6) is 0. The Bertz CT molecular complexity index is 1420. The molecule has 4 saturated heterocycles. The summed E-state index contributed by atoms with van der Waals surface area (Å²) in [6, 6.07) is 0.